The molecule has 0 fully saturated rings. The lowest BCUT2D eigenvalue weighted by atomic mass is 10.2. The molecule has 5 nitrogen and oxygen atoms in total. The van der Waals surface area contributed by atoms with Gasteiger partial charge in [-0.25, -0.2) is 0 Å². The van der Waals surface area contributed by atoms with Crippen LogP contribution in [0.3, 0.4) is 0 Å². The van der Waals surface area contributed by atoms with Gasteiger partial charge in [-0.3, -0.25) is 4.99 Å². The minimum Gasteiger partial charge on any atom is -0.466 e. The SMILES string of the molecule is CN=C(NCc1cc(C)oc1C)NC(C)COC.I. The van der Waals surface area contributed by atoms with Crippen LogP contribution in [0.15, 0.2) is 15.5 Å². The van der Waals surface area contributed by atoms with Gasteiger partial charge in [0.2, 0.25) is 0 Å². The van der Waals surface area contributed by atoms with Crippen molar-refractivity contribution < 1.29 is 9.15 Å². The van der Waals surface area contributed by atoms with Crippen molar-refractivity contribution in [3.05, 3.63) is 23.2 Å². The maximum Gasteiger partial charge on any atom is 0.191 e. The maximum atomic E-state index is 5.48. The van der Waals surface area contributed by atoms with Crippen LogP contribution in [-0.2, 0) is 11.3 Å². The molecule has 0 amide bonds. The molecule has 1 heterocycles. The van der Waals surface area contributed by atoms with E-state index in [2.05, 4.69) is 15.6 Å². The number of hydrogen-bond acceptors (Lipinski definition) is 3. The third-order valence-corrected chi connectivity index (χ3v) is 2.61. The van der Waals surface area contributed by atoms with E-state index in [1.807, 2.05) is 26.8 Å². The molecule has 0 aliphatic carbocycles. The van der Waals surface area contributed by atoms with Crippen molar-refractivity contribution in [1.82, 2.24) is 10.6 Å². The van der Waals surface area contributed by atoms with Gasteiger partial charge in [0.25, 0.3) is 0 Å². The molecule has 1 rings (SSSR count). The molecule has 1 atom stereocenters. The van der Waals surface area contributed by atoms with Crippen LogP contribution in [0.1, 0.15) is 24.0 Å². The van der Waals surface area contributed by atoms with E-state index in [4.69, 9.17) is 9.15 Å². The predicted molar refractivity (Wildman–Crippen MR) is 88.3 cm³/mol. The van der Waals surface area contributed by atoms with Gasteiger partial charge in [-0.05, 0) is 26.8 Å². The number of hydrogen-bond donors (Lipinski definition) is 2. The summed E-state index contributed by atoms with van der Waals surface area (Å²) in [5.41, 5.74) is 1.15. The average molecular weight is 381 g/mol. The molecular formula is C13H24IN3O2. The first kappa shape index (κ1) is 18.2. The highest BCUT2D eigenvalue weighted by molar-refractivity contribution is 14.0. The smallest absolute Gasteiger partial charge is 0.191 e. The Hall–Kier alpha value is -0.760. The molecule has 0 saturated heterocycles. The summed E-state index contributed by atoms with van der Waals surface area (Å²) in [6.07, 6.45) is 0. The number of aliphatic imine (C=N–C) groups is 1. The first-order chi connectivity index (χ1) is 8.56. The molecular weight excluding hydrogens is 357 g/mol. The monoisotopic (exact) mass is 381 g/mol. The largest absolute Gasteiger partial charge is 0.466 e. The van der Waals surface area contributed by atoms with E-state index in [1.165, 1.54) is 0 Å². The Morgan fingerprint density at radius 2 is 2.16 bits per heavy atom. The van der Waals surface area contributed by atoms with Crippen LogP contribution < -0.4 is 10.6 Å². The summed E-state index contributed by atoms with van der Waals surface area (Å²) in [6, 6.07) is 2.25. The van der Waals surface area contributed by atoms with E-state index in [1.54, 1.807) is 14.2 Å². The number of methoxy groups -OCH3 is 1. The van der Waals surface area contributed by atoms with Crippen molar-refractivity contribution in [2.24, 2.45) is 4.99 Å². The van der Waals surface area contributed by atoms with Crippen LogP contribution in [0.4, 0.5) is 0 Å². The molecule has 1 aromatic heterocycles. The summed E-state index contributed by atoms with van der Waals surface area (Å²) in [4.78, 5) is 4.17. The number of nitrogens with zero attached hydrogens (tertiary/aromatic N) is 1. The Morgan fingerprint density at radius 1 is 1.47 bits per heavy atom. The Labute approximate surface area is 132 Å². The molecule has 19 heavy (non-hydrogen) atoms. The first-order valence-corrected chi connectivity index (χ1v) is 6.08. The fourth-order valence-electron chi connectivity index (χ4n) is 1.76. The van der Waals surface area contributed by atoms with Crippen LogP contribution in [0, 0.1) is 13.8 Å². The molecule has 6 heteroatoms. The van der Waals surface area contributed by atoms with Crippen LogP contribution in [-0.4, -0.2) is 32.8 Å². The number of nitrogens with one attached hydrogen (secondary N) is 2. The van der Waals surface area contributed by atoms with E-state index < -0.39 is 0 Å². The van der Waals surface area contributed by atoms with Gasteiger partial charge in [-0.2, -0.15) is 0 Å². The fraction of sp³-hybridized carbons (Fsp3) is 0.615. The molecule has 2 N–H and O–H groups in total. The van der Waals surface area contributed by atoms with Crippen molar-refractivity contribution >= 4 is 29.9 Å². The summed E-state index contributed by atoms with van der Waals surface area (Å²) >= 11 is 0. The standard InChI is InChI=1S/C13H23N3O2.HI/c1-9(8-17-5)16-13(14-4)15-7-12-6-10(2)18-11(12)3;/h6,9H,7-8H2,1-5H3,(H2,14,15,16);1H. The number of rotatable bonds is 5. The minimum atomic E-state index is 0. The second-order valence-electron chi connectivity index (χ2n) is 4.36. The normalized spacial score (nSPS) is 12.8. The Morgan fingerprint density at radius 3 is 2.63 bits per heavy atom. The maximum absolute atomic E-state index is 5.48. The van der Waals surface area contributed by atoms with Crippen molar-refractivity contribution in [3.8, 4) is 0 Å². The zero-order valence-electron chi connectivity index (χ0n) is 12.2. The molecule has 0 aromatic carbocycles. The van der Waals surface area contributed by atoms with E-state index in [9.17, 15) is 0 Å². The number of halogens is 1. The van der Waals surface area contributed by atoms with Crippen molar-refractivity contribution in [2.45, 2.75) is 33.4 Å². The molecule has 1 aromatic rings. The van der Waals surface area contributed by atoms with E-state index in [-0.39, 0.29) is 30.0 Å². The Balaban J connectivity index is 0.00000324. The second-order valence-corrected chi connectivity index (χ2v) is 4.36. The predicted octanol–water partition coefficient (Wildman–Crippen LogP) is 2.21. The minimum absolute atomic E-state index is 0. The third kappa shape index (κ3) is 6.29. The van der Waals surface area contributed by atoms with Gasteiger partial charge in [-0.1, -0.05) is 0 Å². The summed E-state index contributed by atoms with van der Waals surface area (Å²) in [5, 5.41) is 6.50. The molecule has 0 bridgehead atoms. The quantitative estimate of drug-likeness (QED) is 0.467. The van der Waals surface area contributed by atoms with Gasteiger partial charge >= 0.3 is 0 Å². The summed E-state index contributed by atoms with van der Waals surface area (Å²) in [5.74, 6) is 2.64. The average Bonchev–Trinajstić information content (AvgIpc) is 2.63. The molecule has 0 aliphatic heterocycles. The van der Waals surface area contributed by atoms with Gasteiger partial charge < -0.3 is 19.8 Å². The van der Waals surface area contributed by atoms with Gasteiger partial charge in [-0.15, -0.1) is 24.0 Å². The molecule has 0 spiro atoms. The van der Waals surface area contributed by atoms with Gasteiger partial charge in [0.1, 0.15) is 11.5 Å². The topological polar surface area (TPSA) is 58.8 Å². The molecule has 0 radical (unpaired) electrons. The lowest BCUT2D eigenvalue weighted by Crippen LogP contribution is -2.43. The molecule has 0 saturated carbocycles. The lowest BCUT2D eigenvalue weighted by molar-refractivity contribution is 0.179. The van der Waals surface area contributed by atoms with Crippen LogP contribution >= 0.6 is 24.0 Å². The third-order valence-electron chi connectivity index (χ3n) is 2.61. The lowest BCUT2D eigenvalue weighted by Gasteiger charge is -2.16. The van der Waals surface area contributed by atoms with Gasteiger partial charge in [0.05, 0.1) is 6.61 Å². The highest BCUT2D eigenvalue weighted by Crippen LogP contribution is 2.12. The first-order valence-electron chi connectivity index (χ1n) is 6.08. The highest BCUT2D eigenvalue weighted by Gasteiger charge is 2.07. The zero-order valence-corrected chi connectivity index (χ0v) is 14.6. The van der Waals surface area contributed by atoms with Gasteiger partial charge in [0.15, 0.2) is 5.96 Å². The van der Waals surface area contributed by atoms with Crippen molar-refractivity contribution in [2.75, 3.05) is 20.8 Å². The van der Waals surface area contributed by atoms with Crippen LogP contribution in [0.25, 0.3) is 0 Å². The Kier molecular flexibility index (Phi) is 8.82. The number of aryl methyl sites for hydroxylation is 2. The fourth-order valence-corrected chi connectivity index (χ4v) is 1.76. The van der Waals surface area contributed by atoms with Crippen LogP contribution in [0.2, 0.25) is 0 Å². The van der Waals surface area contributed by atoms with E-state index >= 15 is 0 Å². The zero-order chi connectivity index (χ0) is 13.5. The summed E-state index contributed by atoms with van der Waals surface area (Å²) in [6.45, 7) is 7.30. The van der Waals surface area contributed by atoms with Crippen molar-refractivity contribution in [3.63, 3.8) is 0 Å². The Bertz CT molecular complexity index is 405. The summed E-state index contributed by atoms with van der Waals surface area (Å²) < 4.78 is 10.6. The van der Waals surface area contributed by atoms with Crippen molar-refractivity contribution in [1.29, 1.82) is 0 Å². The number of guanidine groups is 1. The van der Waals surface area contributed by atoms with Gasteiger partial charge in [0, 0.05) is 32.3 Å². The number of ether oxygens (including phenoxy) is 1. The molecule has 110 valence electrons. The van der Waals surface area contributed by atoms with E-state index in [0.717, 1.165) is 23.0 Å². The molecule has 0 aliphatic rings. The summed E-state index contributed by atoms with van der Waals surface area (Å²) in [7, 11) is 3.44. The molecule has 1 unspecified atom stereocenters. The van der Waals surface area contributed by atoms with E-state index in [0.29, 0.717) is 13.2 Å². The second kappa shape index (κ2) is 9.19. The highest BCUT2D eigenvalue weighted by atomic mass is 127. The number of furan rings is 1. The van der Waals surface area contributed by atoms with Crippen LogP contribution in [0.5, 0.6) is 0 Å².